The number of H-pyrrole nitrogens is 1. The van der Waals surface area contributed by atoms with E-state index in [0.29, 0.717) is 5.69 Å². The molecule has 0 aromatic carbocycles. The maximum Gasteiger partial charge on any atom is 0.155 e. The minimum atomic E-state index is 0.657. The van der Waals surface area contributed by atoms with Crippen LogP contribution in [0.15, 0.2) is 30.5 Å². The van der Waals surface area contributed by atoms with Gasteiger partial charge in [0.2, 0.25) is 0 Å². The molecule has 2 aromatic heterocycles. The molecule has 0 saturated carbocycles. The van der Waals surface area contributed by atoms with Crippen LogP contribution in [0.3, 0.4) is 0 Å². The Labute approximate surface area is 80.1 Å². The van der Waals surface area contributed by atoms with Crippen molar-refractivity contribution in [2.24, 2.45) is 0 Å². The van der Waals surface area contributed by atoms with E-state index in [1.165, 1.54) is 0 Å². The molecule has 0 aliphatic heterocycles. The van der Waals surface area contributed by atoms with Crippen LogP contribution in [0.5, 0.6) is 0 Å². The molecule has 1 aliphatic carbocycles. The molecule has 2 aromatic rings. The van der Waals surface area contributed by atoms with Gasteiger partial charge in [-0.25, -0.2) is 4.98 Å². The van der Waals surface area contributed by atoms with E-state index in [-0.39, 0.29) is 0 Å². The topological polar surface area (TPSA) is 67.6 Å². The zero-order valence-electron chi connectivity index (χ0n) is 7.36. The van der Waals surface area contributed by atoms with Crippen molar-refractivity contribution in [3.63, 3.8) is 0 Å². The van der Waals surface area contributed by atoms with Crippen molar-refractivity contribution in [3.05, 3.63) is 36.2 Å². The van der Waals surface area contributed by atoms with Gasteiger partial charge in [0.25, 0.3) is 0 Å². The van der Waals surface area contributed by atoms with Gasteiger partial charge in [0.15, 0.2) is 5.65 Å². The molecule has 0 fully saturated rings. The molecule has 0 amide bonds. The van der Waals surface area contributed by atoms with Crippen molar-refractivity contribution in [2.45, 2.75) is 0 Å². The SMILES string of the molecule is Nc1cnc2[nH]nc(C3=CC=C3)c2c1. The summed E-state index contributed by atoms with van der Waals surface area (Å²) in [4.78, 5) is 4.15. The molecule has 0 unspecified atom stereocenters. The van der Waals surface area contributed by atoms with Crippen molar-refractivity contribution in [1.29, 1.82) is 0 Å². The highest BCUT2D eigenvalue weighted by Crippen LogP contribution is 2.27. The standard InChI is InChI=1S/C10H8N4/c11-7-4-8-9(6-2-1-3-6)13-14-10(8)12-5-7/h1-5H,11H2,(H,12,13,14). The lowest BCUT2D eigenvalue weighted by atomic mass is 10.0. The molecule has 3 rings (SSSR count). The molecule has 1 aliphatic rings. The van der Waals surface area contributed by atoms with Gasteiger partial charge < -0.3 is 5.73 Å². The number of allylic oxidation sites excluding steroid dienone is 4. The van der Waals surface area contributed by atoms with E-state index >= 15 is 0 Å². The van der Waals surface area contributed by atoms with Crippen LogP contribution in [0.4, 0.5) is 5.69 Å². The van der Waals surface area contributed by atoms with E-state index in [9.17, 15) is 0 Å². The molecular weight excluding hydrogens is 176 g/mol. The molecule has 0 spiro atoms. The van der Waals surface area contributed by atoms with E-state index in [1.54, 1.807) is 6.20 Å². The molecule has 3 N–H and O–H groups in total. The third kappa shape index (κ3) is 0.877. The third-order valence-electron chi connectivity index (χ3n) is 2.26. The lowest BCUT2D eigenvalue weighted by Crippen LogP contribution is -1.89. The number of aromatic nitrogens is 3. The lowest BCUT2D eigenvalue weighted by Gasteiger charge is -2.03. The Kier molecular flexibility index (Phi) is 1.28. The maximum absolute atomic E-state index is 5.67. The van der Waals surface area contributed by atoms with Crippen molar-refractivity contribution in [1.82, 2.24) is 15.2 Å². The first-order chi connectivity index (χ1) is 6.84. The van der Waals surface area contributed by atoms with Crippen molar-refractivity contribution in [3.8, 4) is 0 Å². The van der Waals surface area contributed by atoms with Crippen LogP contribution in [0, 0.1) is 0 Å². The number of hydrogen-bond acceptors (Lipinski definition) is 3. The first-order valence-electron chi connectivity index (χ1n) is 4.33. The molecule has 0 atom stereocenters. The predicted octanol–water partition coefficient (Wildman–Crippen LogP) is 1.49. The van der Waals surface area contributed by atoms with Gasteiger partial charge in [-0.2, -0.15) is 5.10 Å². The number of fused-ring (bicyclic) bond motifs is 1. The number of rotatable bonds is 1. The van der Waals surface area contributed by atoms with Crippen LogP contribution in [-0.2, 0) is 0 Å². The number of nitrogens with zero attached hydrogens (tertiary/aromatic N) is 2. The number of anilines is 1. The van der Waals surface area contributed by atoms with Crippen LogP contribution in [0.2, 0.25) is 0 Å². The van der Waals surface area contributed by atoms with Gasteiger partial charge in [-0.3, -0.25) is 5.10 Å². The van der Waals surface area contributed by atoms with E-state index in [1.807, 2.05) is 24.3 Å². The van der Waals surface area contributed by atoms with Crippen LogP contribution in [0.1, 0.15) is 5.69 Å². The van der Waals surface area contributed by atoms with Crippen molar-refractivity contribution in [2.75, 3.05) is 5.73 Å². The van der Waals surface area contributed by atoms with Gasteiger partial charge in [0, 0.05) is 11.0 Å². The molecule has 4 nitrogen and oxygen atoms in total. The molecule has 0 radical (unpaired) electrons. The Hall–Kier alpha value is -2.10. The fourth-order valence-electron chi connectivity index (χ4n) is 1.49. The van der Waals surface area contributed by atoms with Gasteiger partial charge >= 0.3 is 0 Å². The first-order valence-corrected chi connectivity index (χ1v) is 4.33. The summed E-state index contributed by atoms with van der Waals surface area (Å²) >= 11 is 0. The van der Waals surface area contributed by atoms with Gasteiger partial charge in [-0.1, -0.05) is 18.2 Å². The second-order valence-electron chi connectivity index (χ2n) is 3.22. The fraction of sp³-hybridized carbons (Fsp3) is 0. The number of nitrogens with one attached hydrogen (secondary N) is 1. The number of nitrogens with two attached hydrogens (primary N) is 1. The first kappa shape index (κ1) is 7.32. The normalized spacial score (nSPS) is 14.1. The smallest absolute Gasteiger partial charge is 0.155 e. The van der Waals surface area contributed by atoms with Crippen LogP contribution in [0.25, 0.3) is 16.6 Å². The zero-order chi connectivity index (χ0) is 9.54. The summed E-state index contributed by atoms with van der Waals surface area (Å²) in [6.07, 6.45) is 7.63. The Morgan fingerprint density at radius 3 is 2.93 bits per heavy atom. The molecule has 68 valence electrons. The number of aromatic amines is 1. The fourth-order valence-corrected chi connectivity index (χ4v) is 1.49. The van der Waals surface area contributed by atoms with E-state index in [4.69, 9.17) is 5.73 Å². The van der Waals surface area contributed by atoms with Crippen LogP contribution in [-0.4, -0.2) is 15.2 Å². The highest BCUT2D eigenvalue weighted by Gasteiger charge is 2.11. The van der Waals surface area contributed by atoms with Crippen molar-refractivity contribution >= 4 is 22.3 Å². The monoisotopic (exact) mass is 184 g/mol. The van der Waals surface area contributed by atoms with E-state index < -0.39 is 0 Å². The van der Waals surface area contributed by atoms with Crippen molar-refractivity contribution < 1.29 is 0 Å². The highest BCUT2D eigenvalue weighted by molar-refractivity contribution is 5.94. The summed E-state index contributed by atoms with van der Waals surface area (Å²) in [6, 6.07) is 1.88. The summed E-state index contributed by atoms with van der Waals surface area (Å²) in [5.41, 5.74) is 9.13. The summed E-state index contributed by atoms with van der Waals surface area (Å²) in [5.74, 6) is 0. The highest BCUT2D eigenvalue weighted by atomic mass is 15.1. The second-order valence-corrected chi connectivity index (χ2v) is 3.22. The van der Waals surface area contributed by atoms with Gasteiger partial charge in [-0.15, -0.1) is 0 Å². The number of pyridine rings is 1. The van der Waals surface area contributed by atoms with Gasteiger partial charge in [-0.05, 0) is 6.07 Å². The quantitative estimate of drug-likeness (QED) is 0.705. The molecular formula is C10H8N4. The molecule has 2 heterocycles. The summed E-state index contributed by atoms with van der Waals surface area (Å²) in [7, 11) is 0. The Balaban J connectivity index is 2.29. The second kappa shape index (κ2) is 2.45. The number of nitrogen functional groups attached to an aromatic ring is 1. The minimum Gasteiger partial charge on any atom is -0.397 e. The predicted molar refractivity (Wildman–Crippen MR) is 55.4 cm³/mol. The maximum atomic E-state index is 5.67. The summed E-state index contributed by atoms with van der Waals surface area (Å²) in [5, 5.41) is 8.04. The minimum absolute atomic E-state index is 0.657. The van der Waals surface area contributed by atoms with E-state index in [2.05, 4.69) is 15.2 Å². The summed E-state index contributed by atoms with van der Waals surface area (Å²) in [6.45, 7) is 0. The Morgan fingerprint density at radius 1 is 1.36 bits per heavy atom. The van der Waals surface area contributed by atoms with Crippen LogP contribution < -0.4 is 5.73 Å². The third-order valence-corrected chi connectivity index (χ3v) is 2.26. The lowest BCUT2D eigenvalue weighted by molar-refractivity contribution is 1.08. The van der Waals surface area contributed by atoms with Gasteiger partial charge in [0.1, 0.15) is 5.69 Å². The molecule has 0 bridgehead atoms. The number of hydrogen-bond donors (Lipinski definition) is 2. The largest absolute Gasteiger partial charge is 0.397 e. The Morgan fingerprint density at radius 2 is 2.21 bits per heavy atom. The average Bonchev–Trinajstić information content (AvgIpc) is 2.46. The summed E-state index contributed by atoms with van der Waals surface area (Å²) < 4.78 is 0. The Bertz CT molecular complexity index is 563. The molecule has 4 heteroatoms. The molecule has 0 saturated heterocycles. The van der Waals surface area contributed by atoms with Gasteiger partial charge in [0.05, 0.1) is 11.9 Å². The zero-order valence-corrected chi connectivity index (χ0v) is 7.36. The van der Waals surface area contributed by atoms with Crippen LogP contribution >= 0.6 is 0 Å². The average molecular weight is 184 g/mol. The van der Waals surface area contributed by atoms with E-state index in [0.717, 1.165) is 22.3 Å². The molecule has 14 heavy (non-hydrogen) atoms.